The molecule has 2 aromatic carbocycles. The lowest BCUT2D eigenvalue weighted by atomic mass is 9.92. The van der Waals surface area contributed by atoms with Crippen molar-refractivity contribution in [1.29, 1.82) is 0 Å². The molecule has 4 rings (SSSR count). The molecule has 1 aliphatic heterocycles. The zero-order chi connectivity index (χ0) is 18.6. The van der Waals surface area contributed by atoms with Crippen LogP contribution in [0.2, 0.25) is 0 Å². The molecular formula is C22H25FN2O2. The van der Waals surface area contributed by atoms with Crippen LogP contribution < -0.4 is 4.74 Å². The van der Waals surface area contributed by atoms with E-state index in [2.05, 4.69) is 23.0 Å². The molecule has 2 heterocycles. The zero-order valence-corrected chi connectivity index (χ0v) is 15.7. The van der Waals surface area contributed by atoms with Crippen LogP contribution in [0.15, 0.2) is 47.0 Å². The summed E-state index contributed by atoms with van der Waals surface area (Å²) in [5.41, 5.74) is 1.79. The van der Waals surface area contributed by atoms with E-state index in [1.165, 1.54) is 17.7 Å². The third-order valence-corrected chi connectivity index (χ3v) is 5.40. The second-order valence-corrected chi connectivity index (χ2v) is 7.29. The average molecular weight is 368 g/mol. The van der Waals surface area contributed by atoms with Gasteiger partial charge >= 0.3 is 0 Å². The molecule has 0 saturated carbocycles. The first-order valence-electron chi connectivity index (χ1n) is 9.66. The van der Waals surface area contributed by atoms with E-state index in [1.54, 1.807) is 6.07 Å². The standard InChI is InChI=1S/C22H25FN2O2/c1-16-5-2-3-6-21(16)26-14-4-11-25-12-9-17(10-13-25)22-19-8-7-18(23)15-20(19)24-27-22/h2-3,5-8,15,17H,4,9-14H2,1H3. The molecule has 4 nitrogen and oxygen atoms in total. The fraction of sp³-hybridized carbons (Fsp3) is 0.409. The van der Waals surface area contributed by atoms with Gasteiger partial charge in [-0.15, -0.1) is 0 Å². The van der Waals surface area contributed by atoms with Crippen LogP contribution >= 0.6 is 0 Å². The van der Waals surface area contributed by atoms with Gasteiger partial charge in [-0.05, 0) is 63.0 Å². The Balaban J connectivity index is 1.25. The van der Waals surface area contributed by atoms with Crippen LogP contribution in [0.3, 0.4) is 0 Å². The molecule has 142 valence electrons. The molecule has 0 radical (unpaired) electrons. The summed E-state index contributed by atoms with van der Waals surface area (Å²) in [6.45, 7) is 5.93. The van der Waals surface area contributed by atoms with Gasteiger partial charge in [-0.2, -0.15) is 0 Å². The molecule has 0 amide bonds. The topological polar surface area (TPSA) is 38.5 Å². The van der Waals surface area contributed by atoms with Crippen LogP contribution in [0.5, 0.6) is 5.75 Å². The van der Waals surface area contributed by atoms with E-state index in [0.717, 1.165) is 62.4 Å². The van der Waals surface area contributed by atoms with Gasteiger partial charge in [0.05, 0.1) is 6.61 Å². The Morgan fingerprint density at radius 3 is 2.81 bits per heavy atom. The smallest absolute Gasteiger partial charge is 0.147 e. The molecule has 0 atom stereocenters. The van der Waals surface area contributed by atoms with Gasteiger partial charge < -0.3 is 14.2 Å². The molecule has 1 aliphatic rings. The predicted octanol–water partition coefficient (Wildman–Crippen LogP) is 4.92. The number of benzene rings is 2. The molecule has 0 spiro atoms. The minimum absolute atomic E-state index is 0.273. The lowest BCUT2D eigenvalue weighted by Gasteiger charge is -2.30. The number of fused-ring (bicyclic) bond motifs is 1. The number of hydrogen-bond donors (Lipinski definition) is 0. The second kappa shape index (κ2) is 8.09. The maximum atomic E-state index is 13.3. The van der Waals surface area contributed by atoms with Gasteiger partial charge in [0, 0.05) is 23.9 Å². The summed E-state index contributed by atoms with van der Waals surface area (Å²) in [6.07, 6.45) is 3.10. The highest BCUT2D eigenvalue weighted by Gasteiger charge is 2.25. The summed E-state index contributed by atoms with van der Waals surface area (Å²) in [6, 6.07) is 12.8. The van der Waals surface area contributed by atoms with Crippen LogP contribution in [0.1, 0.15) is 36.5 Å². The highest BCUT2D eigenvalue weighted by molar-refractivity contribution is 5.80. The van der Waals surface area contributed by atoms with Crippen molar-refractivity contribution in [3.8, 4) is 5.75 Å². The van der Waals surface area contributed by atoms with E-state index in [4.69, 9.17) is 9.26 Å². The van der Waals surface area contributed by atoms with E-state index in [9.17, 15) is 4.39 Å². The summed E-state index contributed by atoms with van der Waals surface area (Å²) in [5, 5.41) is 4.97. The summed E-state index contributed by atoms with van der Waals surface area (Å²) in [4.78, 5) is 2.48. The average Bonchev–Trinajstić information content (AvgIpc) is 3.10. The molecule has 3 aromatic rings. The number of aryl methyl sites for hydroxylation is 1. The van der Waals surface area contributed by atoms with Crippen molar-refractivity contribution in [2.45, 2.75) is 32.1 Å². The van der Waals surface area contributed by atoms with Gasteiger partial charge in [0.25, 0.3) is 0 Å². The lowest BCUT2D eigenvalue weighted by Crippen LogP contribution is -2.34. The summed E-state index contributed by atoms with van der Waals surface area (Å²) < 4.78 is 24.8. The molecule has 0 unspecified atom stereocenters. The Morgan fingerprint density at radius 2 is 2.00 bits per heavy atom. The summed E-state index contributed by atoms with van der Waals surface area (Å²) in [7, 11) is 0. The number of hydrogen-bond acceptors (Lipinski definition) is 4. The van der Waals surface area contributed by atoms with E-state index < -0.39 is 0 Å². The molecule has 27 heavy (non-hydrogen) atoms. The van der Waals surface area contributed by atoms with Crippen molar-refractivity contribution >= 4 is 10.9 Å². The highest BCUT2D eigenvalue weighted by Crippen LogP contribution is 2.33. The van der Waals surface area contributed by atoms with Crippen LogP contribution in [0.4, 0.5) is 4.39 Å². The number of likely N-dealkylation sites (tertiary alicyclic amines) is 1. The van der Waals surface area contributed by atoms with Gasteiger partial charge in [0.1, 0.15) is 22.8 Å². The molecule has 1 saturated heterocycles. The maximum absolute atomic E-state index is 13.3. The monoisotopic (exact) mass is 368 g/mol. The number of halogens is 1. The predicted molar refractivity (Wildman–Crippen MR) is 104 cm³/mol. The zero-order valence-electron chi connectivity index (χ0n) is 15.7. The van der Waals surface area contributed by atoms with Crippen LogP contribution in [0, 0.1) is 12.7 Å². The van der Waals surface area contributed by atoms with Gasteiger partial charge in [-0.1, -0.05) is 23.4 Å². The van der Waals surface area contributed by atoms with Crippen molar-refractivity contribution in [1.82, 2.24) is 10.1 Å². The molecule has 0 bridgehead atoms. The molecule has 0 aliphatic carbocycles. The van der Waals surface area contributed by atoms with Gasteiger partial charge in [0.15, 0.2) is 0 Å². The number of ether oxygens (including phenoxy) is 1. The fourth-order valence-electron chi connectivity index (χ4n) is 3.84. The second-order valence-electron chi connectivity index (χ2n) is 7.29. The SMILES string of the molecule is Cc1ccccc1OCCCN1CCC(c2onc3cc(F)ccc23)CC1. The maximum Gasteiger partial charge on any atom is 0.147 e. The molecule has 1 fully saturated rings. The number of piperidine rings is 1. The Labute approximate surface area is 158 Å². The fourth-order valence-corrected chi connectivity index (χ4v) is 3.84. The van der Waals surface area contributed by atoms with Crippen molar-refractivity contribution < 1.29 is 13.7 Å². The van der Waals surface area contributed by atoms with Crippen LogP contribution in [-0.4, -0.2) is 36.3 Å². The lowest BCUT2D eigenvalue weighted by molar-refractivity contribution is 0.182. The Hall–Kier alpha value is -2.40. The van der Waals surface area contributed by atoms with Crippen LogP contribution in [0.25, 0.3) is 10.9 Å². The van der Waals surface area contributed by atoms with Crippen molar-refractivity contribution in [3.63, 3.8) is 0 Å². The molecular weight excluding hydrogens is 343 g/mol. The number of para-hydroxylation sites is 1. The minimum Gasteiger partial charge on any atom is -0.493 e. The van der Waals surface area contributed by atoms with E-state index in [0.29, 0.717) is 11.4 Å². The van der Waals surface area contributed by atoms with Crippen molar-refractivity contribution in [2.24, 2.45) is 0 Å². The molecule has 5 heteroatoms. The van der Waals surface area contributed by atoms with E-state index >= 15 is 0 Å². The first-order valence-corrected chi connectivity index (χ1v) is 9.66. The Bertz CT molecular complexity index is 900. The summed E-state index contributed by atoms with van der Waals surface area (Å²) in [5.74, 6) is 1.97. The Kier molecular flexibility index (Phi) is 5.39. The van der Waals surface area contributed by atoms with Gasteiger partial charge in [0.2, 0.25) is 0 Å². The van der Waals surface area contributed by atoms with E-state index in [-0.39, 0.29) is 5.82 Å². The quantitative estimate of drug-likeness (QED) is 0.579. The van der Waals surface area contributed by atoms with E-state index in [1.807, 2.05) is 18.2 Å². The normalized spacial score (nSPS) is 16.1. The van der Waals surface area contributed by atoms with Gasteiger partial charge in [-0.3, -0.25) is 0 Å². The Morgan fingerprint density at radius 1 is 1.19 bits per heavy atom. The molecule has 0 N–H and O–H groups in total. The number of rotatable bonds is 6. The number of nitrogens with zero attached hydrogens (tertiary/aromatic N) is 2. The third-order valence-electron chi connectivity index (χ3n) is 5.40. The molecule has 1 aromatic heterocycles. The minimum atomic E-state index is -0.273. The van der Waals surface area contributed by atoms with Crippen molar-refractivity contribution in [2.75, 3.05) is 26.2 Å². The van der Waals surface area contributed by atoms with Crippen molar-refractivity contribution in [3.05, 3.63) is 59.6 Å². The first-order chi connectivity index (χ1) is 13.2. The largest absolute Gasteiger partial charge is 0.493 e. The first kappa shape index (κ1) is 18.0. The third kappa shape index (κ3) is 4.14. The highest BCUT2D eigenvalue weighted by atomic mass is 19.1. The number of aromatic nitrogens is 1. The summed E-state index contributed by atoms with van der Waals surface area (Å²) >= 11 is 0. The van der Waals surface area contributed by atoms with Crippen LogP contribution in [-0.2, 0) is 0 Å². The van der Waals surface area contributed by atoms with Gasteiger partial charge in [-0.25, -0.2) is 4.39 Å².